The number of hydrogen-bond acceptors (Lipinski definition) is 2. The number of nitrogens with one attached hydrogen (secondary N) is 1. The Bertz CT molecular complexity index is 487. The zero-order valence-corrected chi connectivity index (χ0v) is 13.2. The van der Waals surface area contributed by atoms with E-state index in [1.165, 1.54) is 19.1 Å². The number of halogens is 2. The fourth-order valence-corrected chi connectivity index (χ4v) is 2.23. The number of amides is 1. The van der Waals surface area contributed by atoms with E-state index in [2.05, 4.69) is 5.32 Å². The molecule has 0 heterocycles. The van der Waals surface area contributed by atoms with Gasteiger partial charge in [-0.3, -0.25) is 4.79 Å². The van der Waals surface area contributed by atoms with Crippen LogP contribution in [0.15, 0.2) is 12.1 Å². The second kappa shape index (κ2) is 8.08. The van der Waals surface area contributed by atoms with E-state index in [0.29, 0.717) is 31.6 Å². The van der Waals surface area contributed by atoms with Gasteiger partial charge in [0.25, 0.3) is 0 Å². The average molecular weight is 298 g/mol. The molecule has 0 radical (unpaired) electrons. The highest BCUT2D eigenvalue weighted by molar-refractivity contribution is 5.76. The predicted octanol–water partition coefficient (Wildman–Crippen LogP) is 3.18. The molecule has 1 unspecified atom stereocenters. The van der Waals surface area contributed by atoms with Crippen molar-refractivity contribution in [1.29, 1.82) is 0 Å². The minimum absolute atomic E-state index is 0.0651. The summed E-state index contributed by atoms with van der Waals surface area (Å²) in [5.41, 5.74) is 0.577. The van der Waals surface area contributed by atoms with Crippen LogP contribution in [0.25, 0.3) is 0 Å². The summed E-state index contributed by atoms with van der Waals surface area (Å²) in [6, 6.07) is 2.07. The molecule has 0 saturated heterocycles. The van der Waals surface area contributed by atoms with Crippen LogP contribution in [0.5, 0.6) is 0 Å². The molecule has 0 bridgehead atoms. The van der Waals surface area contributed by atoms with Crippen molar-refractivity contribution in [3.63, 3.8) is 0 Å². The summed E-state index contributed by atoms with van der Waals surface area (Å²) in [4.78, 5) is 13.6. The number of rotatable bonds is 7. The number of benzene rings is 1. The van der Waals surface area contributed by atoms with Gasteiger partial charge in [-0.15, -0.1) is 0 Å². The van der Waals surface area contributed by atoms with Gasteiger partial charge in [0.15, 0.2) is 0 Å². The maximum Gasteiger partial charge on any atom is 0.223 e. The lowest BCUT2D eigenvalue weighted by Crippen LogP contribution is -2.33. The smallest absolute Gasteiger partial charge is 0.223 e. The standard InChI is InChI=1S/C16H24F2N2O/c1-5-20(6-2)16(21)7-8-19-12(4)13-10-14(17)11(3)9-15(13)18/h9-10,12,19H,5-8H2,1-4H3. The molecule has 0 aliphatic rings. The van der Waals surface area contributed by atoms with Gasteiger partial charge in [-0.05, 0) is 45.4 Å². The number of hydrogen-bond donors (Lipinski definition) is 1. The molecule has 3 nitrogen and oxygen atoms in total. The van der Waals surface area contributed by atoms with Crippen LogP contribution < -0.4 is 5.32 Å². The Morgan fingerprint density at radius 3 is 2.43 bits per heavy atom. The Morgan fingerprint density at radius 2 is 1.86 bits per heavy atom. The van der Waals surface area contributed by atoms with Crippen LogP contribution in [0.3, 0.4) is 0 Å². The van der Waals surface area contributed by atoms with Crippen LogP contribution in [0.2, 0.25) is 0 Å². The highest BCUT2D eigenvalue weighted by atomic mass is 19.1. The van der Waals surface area contributed by atoms with Crippen LogP contribution in [-0.2, 0) is 4.79 Å². The largest absolute Gasteiger partial charge is 0.343 e. The first-order valence-corrected chi connectivity index (χ1v) is 7.37. The molecule has 0 spiro atoms. The van der Waals surface area contributed by atoms with Gasteiger partial charge in [-0.2, -0.15) is 0 Å². The Labute approximate surface area is 125 Å². The number of nitrogens with zero attached hydrogens (tertiary/aromatic N) is 1. The van der Waals surface area contributed by atoms with E-state index in [-0.39, 0.29) is 17.5 Å². The first-order chi connectivity index (χ1) is 9.90. The number of aryl methyl sites for hydroxylation is 1. The fraction of sp³-hybridized carbons (Fsp3) is 0.562. The molecule has 21 heavy (non-hydrogen) atoms. The maximum atomic E-state index is 13.8. The minimum Gasteiger partial charge on any atom is -0.343 e. The Kier molecular flexibility index (Phi) is 6.75. The third-order valence-electron chi connectivity index (χ3n) is 3.65. The van der Waals surface area contributed by atoms with Crippen molar-refractivity contribution in [2.45, 2.75) is 40.2 Å². The molecule has 0 aromatic heterocycles. The third kappa shape index (κ3) is 4.77. The molecule has 1 aromatic carbocycles. The van der Waals surface area contributed by atoms with Gasteiger partial charge in [0.1, 0.15) is 11.6 Å². The minimum atomic E-state index is -0.427. The third-order valence-corrected chi connectivity index (χ3v) is 3.65. The lowest BCUT2D eigenvalue weighted by Gasteiger charge is -2.20. The topological polar surface area (TPSA) is 32.3 Å². The number of carbonyl (C=O) groups excluding carboxylic acids is 1. The van der Waals surface area contributed by atoms with Crippen LogP contribution in [-0.4, -0.2) is 30.4 Å². The van der Waals surface area contributed by atoms with Crippen LogP contribution in [0.4, 0.5) is 8.78 Å². The molecular weight excluding hydrogens is 274 g/mol. The quantitative estimate of drug-likeness (QED) is 0.838. The van der Waals surface area contributed by atoms with Gasteiger partial charge in [0.05, 0.1) is 0 Å². The highest BCUT2D eigenvalue weighted by Crippen LogP contribution is 2.20. The molecule has 0 aliphatic carbocycles. The lowest BCUT2D eigenvalue weighted by atomic mass is 10.0. The molecule has 1 atom stereocenters. The normalized spacial score (nSPS) is 12.3. The van der Waals surface area contributed by atoms with E-state index in [1.54, 1.807) is 11.8 Å². The summed E-state index contributed by atoms with van der Waals surface area (Å²) in [5, 5.41) is 3.07. The highest BCUT2D eigenvalue weighted by Gasteiger charge is 2.15. The average Bonchev–Trinajstić information content (AvgIpc) is 2.44. The molecule has 1 N–H and O–H groups in total. The molecule has 1 rings (SSSR count). The van der Waals surface area contributed by atoms with E-state index < -0.39 is 11.6 Å². The summed E-state index contributed by atoms with van der Waals surface area (Å²) in [6.45, 7) is 8.96. The van der Waals surface area contributed by atoms with Crippen molar-refractivity contribution in [3.8, 4) is 0 Å². The van der Waals surface area contributed by atoms with Crippen molar-refractivity contribution >= 4 is 5.91 Å². The van der Waals surface area contributed by atoms with Crippen LogP contribution >= 0.6 is 0 Å². The maximum absolute atomic E-state index is 13.8. The van der Waals surface area contributed by atoms with Gasteiger partial charge in [-0.25, -0.2) is 8.78 Å². The lowest BCUT2D eigenvalue weighted by molar-refractivity contribution is -0.130. The molecule has 1 aromatic rings. The molecule has 1 amide bonds. The predicted molar refractivity (Wildman–Crippen MR) is 80.1 cm³/mol. The number of carbonyl (C=O) groups is 1. The van der Waals surface area contributed by atoms with Crippen molar-refractivity contribution < 1.29 is 13.6 Å². The first kappa shape index (κ1) is 17.6. The summed E-state index contributed by atoms with van der Waals surface area (Å²) in [5.74, 6) is -0.779. The zero-order chi connectivity index (χ0) is 16.0. The SMILES string of the molecule is CCN(CC)C(=O)CCNC(C)c1cc(F)c(C)cc1F. The second-order valence-electron chi connectivity index (χ2n) is 5.11. The van der Waals surface area contributed by atoms with E-state index in [0.717, 1.165) is 0 Å². The molecule has 0 saturated carbocycles. The molecule has 118 valence electrons. The molecular formula is C16H24F2N2O. The van der Waals surface area contributed by atoms with Crippen molar-refractivity contribution in [3.05, 3.63) is 34.9 Å². The summed E-state index contributed by atoms with van der Waals surface area (Å²) < 4.78 is 27.3. The van der Waals surface area contributed by atoms with Gasteiger partial charge in [0.2, 0.25) is 5.91 Å². The van der Waals surface area contributed by atoms with Crippen LogP contribution in [0, 0.1) is 18.6 Å². The summed E-state index contributed by atoms with van der Waals surface area (Å²) >= 11 is 0. The monoisotopic (exact) mass is 298 g/mol. The fourth-order valence-electron chi connectivity index (χ4n) is 2.23. The van der Waals surface area contributed by atoms with E-state index in [4.69, 9.17) is 0 Å². The Morgan fingerprint density at radius 1 is 1.24 bits per heavy atom. The summed E-state index contributed by atoms with van der Waals surface area (Å²) in [6.07, 6.45) is 0.349. The first-order valence-electron chi connectivity index (χ1n) is 7.37. The molecule has 0 aliphatic heterocycles. The Hall–Kier alpha value is -1.49. The van der Waals surface area contributed by atoms with Gasteiger partial charge >= 0.3 is 0 Å². The van der Waals surface area contributed by atoms with Gasteiger partial charge in [-0.1, -0.05) is 0 Å². The zero-order valence-electron chi connectivity index (χ0n) is 13.2. The van der Waals surface area contributed by atoms with Crippen LogP contribution in [0.1, 0.15) is 44.4 Å². The van der Waals surface area contributed by atoms with Gasteiger partial charge < -0.3 is 10.2 Å². The van der Waals surface area contributed by atoms with E-state index in [1.807, 2.05) is 13.8 Å². The van der Waals surface area contributed by atoms with Crippen molar-refractivity contribution in [2.24, 2.45) is 0 Å². The van der Waals surface area contributed by atoms with Crippen molar-refractivity contribution in [2.75, 3.05) is 19.6 Å². The Balaban J connectivity index is 2.57. The van der Waals surface area contributed by atoms with Gasteiger partial charge in [0, 0.05) is 37.7 Å². The second-order valence-corrected chi connectivity index (χ2v) is 5.11. The van der Waals surface area contributed by atoms with Crippen molar-refractivity contribution in [1.82, 2.24) is 10.2 Å². The molecule has 0 fully saturated rings. The molecule has 5 heteroatoms. The van der Waals surface area contributed by atoms with E-state index in [9.17, 15) is 13.6 Å². The van der Waals surface area contributed by atoms with E-state index >= 15 is 0 Å². The summed E-state index contributed by atoms with van der Waals surface area (Å²) in [7, 11) is 0.